The summed E-state index contributed by atoms with van der Waals surface area (Å²) in [4.78, 5) is 10.1. The molecule has 3 heteroatoms. The number of rotatable bonds is 7. The lowest BCUT2D eigenvalue weighted by atomic mass is 9.98. The van der Waals surface area contributed by atoms with Crippen LogP contribution in [0.25, 0.3) is 94.8 Å². The van der Waals surface area contributed by atoms with Gasteiger partial charge in [-0.3, -0.25) is 0 Å². The van der Waals surface area contributed by atoms with Gasteiger partial charge < -0.3 is 4.57 Å². The van der Waals surface area contributed by atoms with Gasteiger partial charge in [0.25, 0.3) is 0 Å². The van der Waals surface area contributed by atoms with Crippen molar-refractivity contribution >= 4 is 21.8 Å². The summed E-state index contributed by atoms with van der Waals surface area (Å²) in [5, 5.41) is 2.46. The highest BCUT2D eigenvalue weighted by molar-refractivity contribution is 6.14. The zero-order valence-corrected chi connectivity index (χ0v) is 30.0. The molecule has 0 spiro atoms. The van der Waals surface area contributed by atoms with Crippen LogP contribution >= 0.6 is 0 Å². The Morgan fingerprint density at radius 3 is 1.38 bits per heavy atom. The van der Waals surface area contributed by atoms with E-state index in [9.17, 15) is 0 Å². The van der Waals surface area contributed by atoms with Crippen molar-refractivity contribution < 1.29 is 0 Å². The fourth-order valence-corrected chi connectivity index (χ4v) is 7.70. The Hall–Kier alpha value is -7.36. The lowest BCUT2D eigenvalue weighted by Crippen LogP contribution is -1.96. The van der Waals surface area contributed by atoms with Crippen molar-refractivity contribution in [1.82, 2.24) is 14.5 Å². The number of hydrogen-bond donors (Lipinski definition) is 0. The molecule has 0 bridgehead atoms. The summed E-state index contributed by atoms with van der Waals surface area (Å²) >= 11 is 0. The van der Waals surface area contributed by atoms with E-state index < -0.39 is 0 Å². The van der Waals surface area contributed by atoms with Gasteiger partial charge in [-0.1, -0.05) is 182 Å². The maximum atomic E-state index is 5.09. The van der Waals surface area contributed by atoms with Crippen LogP contribution in [-0.4, -0.2) is 14.5 Å². The highest BCUT2D eigenvalue weighted by Crippen LogP contribution is 2.40. The van der Waals surface area contributed by atoms with E-state index in [1.807, 2.05) is 24.3 Å². The third kappa shape index (κ3) is 6.08. The first-order valence-corrected chi connectivity index (χ1v) is 18.7. The van der Waals surface area contributed by atoms with Crippen LogP contribution in [0.3, 0.4) is 0 Å². The van der Waals surface area contributed by atoms with Crippen LogP contribution in [-0.2, 0) is 0 Å². The average Bonchev–Trinajstić information content (AvgIpc) is 3.61. The van der Waals surface area contributed by atoms with Gasteiger partial charge in [-0.05, 0) is 58.1 Å². The lowest BCUT2D eigenvalue weighted by Gasteiger charge is -2.12. The summed E-state index contributed by atoms with van der Waals surface area (Å²) < 4.78 is 2.41. The Bertz CT molecular complexity index is 2920. The first-order chi connectivity index (χ1) is 27.3. The minimum atomic E-state index is 0.708. The normalized spacial score (nSPS) is 11.3. The first kappa shape index (κ1) is 32.3. The van der Waals surface area contributed by atoms with Gasteiger partial charge in [0.15, 0.2) is 5.82 Å². The van der Waals surface area contributed by atoms with Crippen LogP contribution in [0, 0.1) is 0 Å². The minimum absolute atomic E-state index is 0.708. The number of fused-ring (bicyclic) bond motifs is 3. The number of nitrogens with zero attached hydrogens (tertiary/aromatic N) is 3. The predicted octanol–water partition coefficient (Wildman–Crippen LogP) is 13.6. The van der Waals surface area contributed by atoms with Crippen molar-refractivity contribution in [2.24, 2.45) is 0 Å². The maximum Gasteiger partial charge on any atom is 0.160 e. The van der Waals surface area contributed by atoms with E-state index in [-0.39, 0.29) is 0 Å². The molecule has 2 aromatic heterocycles. The minimum Gasteiger partial charge on any atom is -0.309 e. The molecule has 0 atom stereocenters. The van der Waals surface area contributed by atoms with E-state index in [1.165, 1.54) is 49.6 Å². The molecule has 0 unspecified atom stereocenters. The molecule has 3 nitrogen and oxygen atoms in total. The van der Waals surface area contributed by atoms with Gasteiger partial charge in [0.2, 0.25) is 0 Å². The van der Waals surface area contributed by atoms with E-state index in [2.05, 4.69) is 193 Å². The zero-order valence-electron chi connectivity index (χ0n) is 30.0. The van der Waals surface area contributed by atoms with Crippen LogP contribution in [0.4, 0.5) is 0 Å². The molecule has 55 heavy (non-hydrogen) atoms. The number of para-hydroxylation sites is 2. The molecule has 0 amide bonds. The number of hydrogen-bond acceptors (Lipinski definition) is 2. The Labute approximate surface area is 320 Å². The molecule has 258 valence electrons. The van der Waals surface area contributed by atoms with Crippen molar-refractivity contribution in [2.75, 3.05) is 0 Å². The van der Waals surface area contributed by atoms with Gasteiger partial charge in [0.05, 0.1) is 22.4 Å². The molecule has 0 saturated heterocycles. The molecule has 0 aliphatic heterocycles. The molecular weight excluding hydrogens is 667 g/mol. The van der Waals surface area contributed by atoms with Crippen molar-refractivity contribution in [3.63, 3.8) is 0 Å². The number of benzene rings is 8. The zero-order chi connectivity index (χ0) is 36.6. The monoisotopic (exact) mass is 701 g/mol. The number of aromatic nitrogens is 3. The molecule has 0 saturated carbocycles. The molecule has 0 fully saturated rings. The Kier molecular flexibility index (Phi) is 8.16. The lowest BCUT2D eigenvalue weighted by molar-refractivity contribution is 1.18. The molecule has 10 aromatic rings. The summed E-state index contributed by atoms with van der Waals surface area (Å²) in [6, 6.07) is 75.1. The van der Waals surface area contributed by atoms with Crippen molar-refractivity contribution in [3.05, 3.63) is 212 Å². The van der Waals surface area contributed by atoms with E-state index in [1.54, 1.807) is 0 Å². The molecule has 0 radical (unpaired) electrons. The van der Waals surface area contributed by atoms with Crippen molar-refractivity contribution in [2.45, 2.75) is 0 Å². The summed E-state index contributed by atoms with van der Waals surface area (Å²) in [7, 11) is 0. The second-order valence-corrected chi connectivity index (χ2v) is 13.8. The van der Waals surface area contributed by atoms with Gasteiger partial charge in [-0.15, -0.1) is 0 Å². The summed E-state index contributed by atoms with van der Waals surface area (Å²) in [5.41, 5.74) is 15.5. The average molecular weight is 702 g/mol. The largest absolute Gasteiger partial charge is 0.309 e. The third-order valence-electron chi connectivity index (χ3n) is 10.4. The van der Waals surface area contributed by atoms with Gasteiger partial charge in [0, 0.05) is 38.7 Å². The smallest absolute Gasteiger partial charge is 0.160 e. The molecule has 0 N–H and O–H groups in total. The quantitative estimate of drug-likeness (QED) is 0.166. The Morgan fingerprint density at radius 2 is 0.782 bits per heavy atom. The van der Waals surface area contributed by atoms with Crippen LogP contribution in [0.5, 0.6) is 0 Å². The highest BCUT2D eigenvalue weighted by atomic mass is 15.0. The second-order valence-electron chi connectivity index (χ2n) is 13.8. The Balaban J connectivity index is 1.05. The van der Waals surface area contributed by atoms with Crippen molar-refractivity contribution in [3.8, 4) is 73.0 Å². The molecule has 10 rings (SSSR count). The van der Waals surface area contributed by atoms with Crippen LogP contribution < -0.4 is 0 Å². The van der Waals surface area contributed by atoms with Crippen molar-refractivity contribution in [1.29, 1.82) is 0 Å². The van der Waals surface area contributed by atoms with Crippen LogP contribution in [0.15, 0.2) is 212 Å². The molecule has 2 heterocycles. The fourth-order valence-electron chi connectivity index (χ4n) is 7.70. The Morgan fingerprint density at radius 1 is 0.309 bits per heavy atom. The molecule has 8 aromatic carbocycles. The van der Waals surface area contributed by atoms with Gasteiger partial charge in [0.1, 0.15) is 0 Å². The van der Waals surface area contributed by atoms with Crippen LogP contribution in [0.2, 0.25) is 0 Å². The van der Waals surface area contributed by atoms with Crippen LogP contribution in [0.1, 0.15) is 0 Å². The molecular formula is C52H35N3. The molecule has 0 aliphatic rings. The highest BCUT2D eigenvalue weighted by Gasteiger charge is 2.18. The molecule has 0 aliphatic carbocycles. The maximum absolute atomic E-state index is 5.09. The first-order valence-electron chi connectivity index (χ1n) is 18.7. The standard InChI is InChI=1S/C52H35N3/c1-5-14-36(15-6-1)37-24-28-40(29-25-37)48-35-49(54-52(53-48)42-18-9-3-10-19-42)41-30-26-38(27-31-41)43-32-33-50-47(34-43)46-23-13-22-45(39-16-7-2-8-17-39)51(46)55(50)44-20-11-4-12-21-44/h1-35H. The van der Waals surface area contributed by atoms with E-state index in [4.69, 9.17) is 9.97 Å². The second kappa shape index (κ2) is 13.9. The van der Waals surface area contributed by atoms with Gasteiger partial charge in [-0.25, -0.2) is 9.97 Å². The van der Waals surface area contributed by atoms with E-state index >= 15 is 0 Å². The van der Waals surface area contributed by atoms with Gasteiger partial charge >= 0.3 is 0 Å². The third-order valence-corrected chi connectivity index (χ3v) is 10.4. The predicted molar refractivity (Wildman–Crippen MR) is 229 cm³/mol. The SMILES string of the molecule is c1ccc(-c2ccc(-c3cc(-c4ccc(-c5ccc6c(c5)c5cccc(-c7ccccc7)c5n6-c5ccccc5)cc4)nc(-c4ccccc4)n3)cc2)cc1. The van der Waals surface area contributed by atoms with E-state index in [0.29, 0.717) is 5.82 Å². The topological polar surface area (TPSA) is 30.7 Å². The summed E-state index contributed by atoms with van der Waals surface area (Å²) in [6.07, 6.45) is 0. The van der Waals surface area contributed by atoms with E-state index in [0.717, 1.165) is 39.3 Å². The fraction of sp³-hybridized carbons (Fsp3) is 0. The summed E-state index contributed by atoms with van der Waals surface area (Å²) in [6.45, 7) is 0. The van der Waals surface area contributed by atoms with Gasteiger partial charge in [-0.2, -0.15) is 0 Å². The summed E-state index contributed by atoms with van der Waals surface area (Å²) in [5.74, 6) is 0.708.